The van der Waals surface area contributed by atoms with Crippen LogP contribution in [0.4, 0.5) is 0 Å². The van der Waals surface area contributed by atoms with E-state index in [2.05, 4.69) is 28.4 Å². The number of benzene rings is 2. The van der Waals surface area contributed by atoms with Gasteiger partial charge < -0.3 is 10.1 Å². The number of hydrogen-bond acceptors (Lipinski definition) is 4. The zero-order chi connectivity index (χ0) is 19.8. The summed E-state index contributed by atoms with van der Waals surface area (Å²) in [5.41, 5.74) is 3.37. The highest BCUT2D eigenvalue weighted by Gasteiger charge is 2.11. The molecular formula is C21H24Cl2N2O2S. The molecule has 0 bridgehead atoms. The van der Waals surface area contributed by atoms with Gasteiger partial charge in [0.25, 0.3) is 0 Å². The van der Waals surface area contributed by atoms with Gasteiger partial charge in [0, 0.05) is 42.0 Å². The van der Waals surface area contributed by atoms with Crippen LogP contribution >= 0.6 is 35.0 Å². The van der Waals surface area contributed by atoms with Crippen molar-refractivity contribution in [2.75, 3.05) is 32.1 Å². The van der Waals surface area contributed by atoms with E-state index in [1.807, 2.05) is 18.2 Å². The van der Waals surface area contributed by atoms with Crippen molar-refractivity contribution in [1.82, 2.24) is 10.2 Å². The number of nitrogens with one attached hydrogen (secondary N) is 1. The fraction of sp³-hybridized carbons (Fsp3) is 0.381. The lowest BCUT2D eigenvalue weighted by Crippen LogP contribution is -2.35. The van der Waals surface area contributed by atoms with Crippen LogP contribution in [0.15, 0.2) is 42.5 Å². The predicted molar refractivity (Wildman–Crippen MR) is 117 cm³/mol. The van der Waals surface area contributed by atoms with Gasteiger partial charge in [0.15, 0.2) is 0 Å². The maximum absolute atomic E-state index is 12.1. The van der Waals surface area contributed by atoms with Crippen LogP contribution in [-0.2, 0) is 28.4 Å². The smallest absolute Gasteiger partial charge is 0.230 e. The number of thioether (sulfide) groups is 1. The summed E-state index contributed by atoms with van der Waals surface area (Å²) in [6.45, 7) is 5.00. The van der Waals surface area contributed by atoms with Gasteiger partial charge in [-0.1, -0.05) is 53.5 Å². The summed E-state index contributed by atoms with van der Waals surface area (Å²) in [5.74, 6) is 1.10. The number of morpholine rings is 1. The maximum atomic E-state index is 12.1. The molecule has 3 rings (SSSR count). The predicted octanol–water partition coefficient (Wildman–Crippen LogP) is 4.38. The summed E-state index contributed by atoms with van der Waals surface area (Å²) in [6, 6.07) is 13.8. The minimum atomic E-state index is 0.0219. The Labute approximate surface area is 180 Å². The number of halogens is 2. The summed E-state index contributed by atoms with van der Waals surface area (Å²) in [5, 5.41) is 4.25. The van der Waals surface area contributed by atoms with E-state index in [0.29, 0.717) is 28.1 Å². The van der Waals surface area contributed by atoms with Gasteiger partial charge in [0.05, 0.1) is 19.0 Å². The summed E-state index contributed by atoms with van der Waals surface area (Å²) >= 11 is 13.6. The standard InChI is InChI=1S/C21H24Cl2N2O2S/c22-19-5-4-18(20(23)11-19)14-28-15-21(26)24-12-16-2-1-3-17(10-16)13-25-6-8-27-9-7-25/h1-5,10-11H,6-9,12-15H2,(H,24,26). The zero-order valence-electron chi connectivity index (χ0n) is 15.6. The highest BCUT2D eigenvalue weighted by Crippen LogP contribution is 2.24. The quantitative estimate of drug-likeness (QED) is 0.663. The first-order chi connectivity index (χ1) is 13.6. The molecule has 0 aliphatic carbocycles. The van der Waals surface area contributed by atoms with E-state index in [1.54, 1.807) is 6.07 Å². The van der Waals surface area contributed by atoms with Crippen LogP contribution in [0.2, 0.25) is 10.0 Å². The molecule has 1 amide bonds. The maximum Gasteiger partial charge on any atom is 0.230 e. The van der Waals surface area contributed by atoms with Gasteiger partial charge >= 0.3 is 0 Å². The third kappa shape index (κ3) is 6.98. The molecule has 0 radical (unpaired) electrons. The van der Waals surface area contributed by atoms with Gasteiger partial charge in [0.1, 0.15) is 0 Å². The monoisotopic (exact) mass is 438 g/mol. The average Bonchev–Trinajstić information content (AvgIpc) is 2.69. The van der Waals surface area contributed by atoms with Crippen molar-refractivity contribution in [2.45, 2.75) is 18.8 Å². The molecule has 1 N–H and O–H groups in total. The second-order valence-corrected chi connectivity index (χ2v) is 8.54. The lowest BCUT2D eigenvalue weighted by Gasteiger charge is -2.26. The Balaban J connectivity index is 1.40. The van der Waals surface area contributed by atoms with Crippen molar-refractivity contribution < 1.29 is 9.53 Å². The Bertz CT molecular complexity index is 798. The molecule has 1 aliphatic rings. The van der Waals surface area contributed by atoms with E-state index in [-0.39, 0.29) is 5.91 Å². The highest BCUT2D eigenvalue weighted by atomic mass is 35.5. The van der Waals surface area contributed by atoms with Crippen LogP contribution in [-0.4, -0.2) is 42.9 Å². The van der Waals surface area contributed by atoms with Gasteiger partial charge in [-0.25, -0.2) is 0 Å². The van der Waals surface area contributed by atoms with Crippen LogP contribution in [0, 0.1) is 0 Å². The third-order valence-electron chi connectivity index (χ3n) is 4.50. The summed E-state index contributed by atoms with van der Waals surface area (Å²) in [7, 11) is 0. The van der Waals surface area contributed by atoms with Gasteiger partial charge in [-0.2, -0.15) is 0 Å². The number of ether oxygens (including phenoxy) is 1. The Hall–Kier alpha value is -1.24. The third-order valence-corrected chi connectivity index (χ3v) is 6.07. The van der Waals surface area contributed by atoms with Crippen molar-refractivity contribution in [2.24, 2.45) is 0 Å². The lowest BCUT2D eigenvalue weighted by atomic mass is 10.1. The Morgan fingerprint density at radius 3 is 2.68 bits per heavy atom. The van der Waals surface area contributed by atoms with Crippen LogP contribution in [0.3, 0.4) is 0 Å². The number of amides is 1. The Morgan fingerprint density at radius 1 is 1.11 bits per heavy atom. The number of carbonyl (C=O) groups excluding carboxylic acids is 1. The van der Waals surface area contributed by atoms with Crippen LogP contribution in [0.1, 0.15) is 16.7 Å². The number of hydrogen-bond donors (Lipinski definition) is 1. The second-order valence-electron chi connectivity index (χ2n) is 6.71. The molecule has 0 atom stereocenters. The number of rotatable bonds is 8. The summed E-state index contributed by atoms with van der Waals surface area (Å²) < 4.78 is 5.39. The first kappa shape index (κ1) is 21.5. The van der Waals surface area contributed by atoms with Gasteiger partial charge in [0.2, 0.25) is 5.91 Å². The van der Waals surface area contributed by atoms with Crippen molar-refractivity contribution >= 4 is 40.9 Å². The minimum Gasteiger partial charge on any atom is -0.379 e. The molecule has 0 aromatic heterocycles. The molecular weight excluding hydrogens is 415 g/mol. The summed E-state index contributed by atoms with van der Waals surface area (Å²) in [4.78, 5) is 14.5. The molecule has 1 aliphatic heterocycles. The van der Waals surface area contributed by atoms with E-state index in [4.69, 9.17) is 27.9 Å². The zero-order valence-corrected chi connectivity index (χ0v) is 18.0. The molecule has 1 heterocycles. The molecule has 0 unspecified atom stereocenters. The van der Waals surface area contributed by atoms with E-state index in [0.717, 1.165) is 44.0 Å². The normalized spacial score (nSPS) is 14.8. The molecule has 0 spiro atoms. The first-order valence-electron chi connectivity index (χ1n) is 9.26. The van der Waals surface area contributed by atoms with E-state index < -0.39 is 0 Å². The van der Waals surface area contributed by atoms with Crippen LogP contribution in [0.25, 0.3) is 0 Å². The highest BCUT2D eigenvalue weighted by molar-refractivity contribution is 7.99. The average molecular weight is 439 g/mol. The fourth-order valence-electron chi connectivity index (χ4n) is 3.00. The number of nitrogens with zero attached hydrogens (tertiary/aromatic N) is 1. The van der Waals surface area contributed by atoms with E-state index >= 15 is 0 Å². The Morgan fingerprint density at radius 2 is 1.89 bits per heavy atom. The lowest BCUT2D eigenvalue weighted by molar-refractivity contribution is -0.118. The van der Waals surface area contributed by atoms with Gasteiger partial charge in [-0.3, -0.25) is 9.69 Å². The SMILES string of the molecule is O=C(CSCc1ccc(Cl)cc1Cl)NCc1cccc(CN2CCOCC2)c1. The molecule has 4 nitrogen and oxygen atoms in total. The largest absolute Gasteiger partial charge is 0.379 e. The summed E-state index contributed by atoms with van der Waals surface area (Å²) in [6.07, 6.45) is 0. The van der Waals surface area contributed by atoms with Crippen molar-refractivity contribution in [3.05, 3.63) is 69.2 Å². The van der Waals surface area contributed by atoms with Gasteiger partial charge in [-0.05, 0) is 28.8 Å². The molecule has 150 valence electrons. The molecule has 0 saturated carbocycles. The fourth-order valence-corrected chi connectivity index (χ4v) is 4.42. The molecule has 28 heavy (non-hydrogen) atoms. The minimum absolute atomic E-state index is 0.0219. The van der Waals surface area contributed by atoms with Crippen LogP contribution in [0.5, 0.6) is 0 Å². The molecule has 1 fully saturated rings. The molecule has 7 heteroatoms. The molecule has 2 aromatic carbocycles. The first-order valence-corrected chi connectivity index (χ1v) is 11.2. The molecule has 1 saturated heterocycles. The van der Waals surface area contributed by atoms with Crippen molar-refractivity contribution in [1.29, 1.82) is 0 Å². The van der Waals surface area contributed by atoms with Crippen LogP contribution < -0.4 is 5.32 Å². The Kier molecular flexibility index (Phi) is 8.49. The molecule has 2 aromatic rings. The van der Waals surface area contributed by atoms with E-state index in [9.17, 15) is 4.79 Å². The second kappa shape index (κ2) is 11.1. The van der Waals surface area contributed by atoms with Crippen molar-refractivity contribution in [3.8, 4) is 0 Å². The van der Waals surface area contributed by atoms with E-state index in [1.165, 1.54) is 17.3 Å². The topological polar surface area (TPSA) is 41.6 Å². The van der Waals surface area contributed by atoms with Gasteiger partial charge in [-0.15, -0.1) is 11.8 Å². The number of carbonyl (C=O) groups is 1. The van der Waals surface area contributed by atoms with Crippen molar-refractivity contribution in [3.63, 3.8) is 0 Å².